The Labute approximate surface area is 179 Å². The molecular formula is C20H14N4O4S2. The number of furan rings is 1. The summed E-state index contributed by atoms with van der Waals surface area (Å²) in [5.74, 6) is 0.851. The number of thioether (sulfide) groups is 1. The van der Waals surface area contributed by atoms with Gasteiger partial charge in [-0.15, -0.1) is 17.9 Å². The lowest BCUT2D eigenvalue weighted by atomic mass is 10.1. The average molecular weight is 438 g/mol. The lowest BCUT2D eigenvalue weighted by molar-refractivity contribution is -0.384. The van der Waals surface area contributed by atoms with Crippen molar-refractivity contribution in [3.63, 3.8) is 0 Å². The van der Waals surface area contributed by atoms with E-state index in [-0.39, 0.29) is 11.6 Å². The summed E-state index contributed by atoms with van der Waals surface area (Å²) in [4.78, 5) is 33.7. The third kappa shape index (κ3) is 4.09. The highest BCUT2D eigenvalue weighted by Gasteiger charge is 2.33. The molecule has 4 rings (SSSR count). The fraction of sp³-hybridized carbons (Fsp3) is 0.0500. The first-order valence-electron chi connectivity index (χ1n) is 8.70. The van der Waals surface area contributed by atoms with Crippen molar-refractivity contribution in [3.8, 4) is 11.3 Å². The highest BCUT2D eigenvalue weighted by atomic mass is 32.2. The number of nitro groups is 1. The molecule has 0 aliphatic carbocycles. The zero-order valence-electron chi connectivity index (χ0n) is 15.4. The van der Waals surface area contributed by atoms with E-state index in [4.69, 9.17) is 4.42 Å². The Balaban J connectivity index is 1.59. The average Bonchev–Trinajstić information content (AvgIpc) is 3.47. The Bertz CT molecular complexity index is 1160. The first kappa shape index (κ1) is 19.8. The summed E-state index contributed by atoms with van der Waals surface area (Å²) in [6.07, 6.45) is 4.95. The third-order valence-electron chi connectivity index (χ3n) is 4.07. The maximum Gasteiger partial charge on any atom is 0.269 e. The second-order valence-corrected chi connectivity index (χ2v) is 7.91. The molecule has 1 saturated heterocycles. The van der Waals surface area contributed by atoms with Gasteiger partial charge in [-0.05, 0) is 36.0 Å². The summed E-state index contributed by atoms with van der Waals surface area (Å²) in [5.41, 5.74) is 0.713. The van der Waals surface area contributed by atoms with Gasteiger partial charge in [0, 0.05) is 41.9 Å². The quantitative estimate of drug-likeness (QED) is 0.230. The molecule has 0 atom stereocenters. The predicted octanol–water partition coefficient (Wildman–Crippen LogP) is 5.10. The molecule has 0 N–H and O–H groups in total. The number of nitrogens with zero attached hydrogens (tertiary/aromatic N) is 4. The summed E-state index contributed by atoms with van der Waals surface area (Å²) >= 11 is 2.63. The van der Waals surface area contributed by atoms with Crippen LogP contribution in [0.5, 0.6) is 0 Å². The highest BCUT2D eigenvalue weighted by molar-refractivity contribution is 8.18. The van der Waals surface area contributed by atoms with Gasteiger partial charge in [0.25, 0.3) is 11.6 Å². The molecule has 1 aliphatic rings. The van der Waals surface area contributed by atoms with E-state index in [1.807, 2.05) is 5.38 Å². The molecule has 3 heterocycles. The molecule has 8 nitrogen and oxygen atoms in total. The molecule has 0 unspecified atom stereocenters. The van der Waals surface area contributed by atoms with Gasteiger partial charge >= 0.3 is 0 Å². The van der Waals surface area contributed by atoms with Crippen molar-refractivity contribution in [1.29, 1.82) is 0 Å². The minimum absolute atomic E-state index is 0.00922. The minimum atomic E-state index is -0.454. The lowest BCUT2D eigenvalue weighted by Gasteiger charge is -2.11. The molecular weight excluding hydrogens is 424 g/mol. The van der Waals surface area contributed by atoms with E-state index in [0.717, 1.165) is 0 Å². The van der Waals surface area contributed by atoms with E-state index in [2.05, 4.69) is 16.6 Å². The van der Waals surface area contributed by atoms with E-state index < -0.39 is 4.92 Å². The molecule has 0 bridgehead atoms. The summed E-state index contributed by atoms with van der Waals surface area (Å²) in [6, 6.07) is 9.57. The lowest BCUT2D eigenvalue weighted by Crippen LogP contribution is -2.29. The fourth-order valence-electron chi connectivity index (χ4n) is 2.70. The number of aromatic nitrogens is 1. The summed E-state index contributed by atoms with van der Waals surface area (Å²) in [5, 5.41) is 13.7. The van der Waals surface area contributed by atoms with Gasteiger partial charge in [0.15, 0.2) is 5.17 Å². The van der Waals surface area contributed by atoms with Crippen LogP contribution in [0.25, 0.3) is 17.4 Å². The van der Waals surface area contributed by atoms with E-state index >= 15 is 0 Å². The predicted molar refractivity (Wildman–Crippen MR) is 117 cm³/mol. The van der Waals surface area contributed by atoms with Crippen LogP contribution >= 0.6 is 23.1 Å². The van der Waals surface area contributed by atoms with Crippen LogP contribution in [0.1, 0.15) is 5.76 Å². The van der Waals surface area contributed by atoms with E-state index in [9.17, 15) is 14.9 Å². The number of nitro benzene ring substituents is 1. The number of amides is 1. The summed E-state index contributed by atoms with van der Waals surface area (Å²) in [6.45, 7) is 4.03. The van der Waals surface area contributed by atoms with Crippen LogP contribution in [-0.4, -0.2) is 32.4 Å². The SMILES string of the molecule is C=CCN1C(=O)C(=Cc2ccc(-c3ccc([N+](=O)[O-])cc3)o2)SC1=Nc1nccs1. The largest absolute Gasteiger partial charge is 0.457 e. The molecule has 10 heteroatoms. The first-order valence-corrected chi connectivity index (χ1v) is 10.4. The summed E-state index contributed by atoms with van der Waals surface area (Å²) in [7, 11) is 0. The zero-order chi connectivity index (χ0) is 21.1. The normalized spacial score (nSPS) is 16.5. The molecule has 0 saturated carbocycles. The second kappa shape index (κ2) is 8.47. The van der Waals surface area contributed by atoms with E-state index in [1.165, 1.54) is 40.1 Å². The van der Waals surface area contributed by atoms with Crippen LogP contribution in [-0.2, 0) is 4.79 Å². The van der Waals surface area contributed by atoms with Crippen LogP contribution in [0.3, 0.4) is 0 Å². The Kier molecular flexibility index (Phi) is 5.59. The van der Waals surface area contributed by atoms with Crippen molar-refractivity contribution in [1.82, 2.24) is 9.88 Å². The number of carbonyl (C=O) groups excluding carboxylic acids is 1. The van der Waals surface area contributed by atoms with Crippen LogP contribution in [0.2, 0.25) is 0 Å². The Morgan fingerprint density at radius 2 is 2.07 bits per heavy atom. The fourth-order valence-corrected chi connectivity index (χ4v) is 4.23. The monoisotopic (exact) mass is 438 g/mol. The maximum atomic E-state index is 12.8. The highest BCUT2D eigenvalue weighted by Crippen LogP contribution is 2.35. The molecule has 0 spiro atoms. The number of hydrogen-bond acceptors (Lipinski definition) is 8. The number of carbonyl (C=O) groups is 1. The van der Waals surface area contributed by atoms with Crippen molar-refractivity contribution in [3.05, 3.63) is 81.4 Å². The summed E-state index contributed by atoms with van der Waals surface area (Å²) < 4.78 is 5.82. The number of amidine groups is 1. The van der Waals surface area contributed by atoms with Crippen molar-refractivity contribution in [2.24, 2.45) is 4.99 Å². The second-order valence-electron chi connectivity index (χ2n) is 6.03. The maximum absolute atomic E-state index is 12.8. The Morgan fingerprint density at radius 3 is 2.73 bits per heavy atom. The molecule has 1 amide bonds. The van der Waals surface area contributed by atoms with E-state index in [1.54, 1.807) is 42.6 Å². The molecule has 3 aromatic rings. The number of benzene rings is 1. The number of aliphatic imine (C=N–C) groups is 1. The molecule has 1 aromatic carbocycles. The van der Waals surface area contributed by atoms with Crippen molar-refractivity contribution >= 4 is 51.1 Å². The molecule has 1 aliphatic heterocycles. The van der Waals surface area contributed by atoms with Gasteiger partial charge in [-0.2, -0.15) is 4.99 Å². The van der Waals surface area contributed by atoms with Gasteiger partial charge in [0.05, 0.1) is 9.83 Å². The van der Waals surface area contributed by atoms with Crippen LogP contribution < -0.4 is 0 Å². The number of hydrogen-bond donors (Lipinski definition) is 0. The smallest absolute Gasteiger partial charge is 0.269 e. The molecule has 1 fully saturated rings. The van der Waals surface area contributed by atoms with Crippen LogP contribution in [0.15, 0.2) is 74.9 Å². The number of non-ortho nitro benzene ring substituents is 1. The van der Waals surface area contributed by atoms with Crippen molar-refractivity contribution in [2.75, 3.05) is 6.54 Å². The zero-order valence-corrected chi connectivity index (χ0v) is 17.1. The topological polar surface area (TPSA) is 102 Å². The minimum Gasteiger partial charge on any atom is -0.457 e. The van der Waals surface area contributed by atoms with Crippen LogP contribution in [0.4, 0.5) is 10.8 Å². The van der Waals surface area contributed by atoms with Crippen LogP contribution in [0, 0.1) is 10.1 Å². The first-order chi connectivity index (χ1) is 14.5. The molecule has 0 radical (unpaired) electrons. The number of thiazole rings is 1. The molecule has 150 valence electrons. The Morgan fingerprint density at radius 1 is 1.27 bits per heavy atom. The molecule has 30 heavy (non-hydrogen) atoms. The van der Waals surface area contributed by atoms with Gasteiger partial charge in [0.1, 0.15) is 11.5 Å². The van der Waals surface area contributed by atoms with Crippen molar-refractivity contribution < 1.29 is 14.1 Å². The van der Waals surface area contributed by atoms with E-state index in [0.29, 0.717) is 38.8 Å². The Hall–Kier alpha value is -3.50. The van der Waals surface area contributed by atoms with Gasteiger partial charge < -0.3 is 4.42 Å². The van der Waals surface area contributed by atoms with Gasteiger partial charge in [0.2, 0.25) is 5.13 Å². The third-order valence-corrected chi connectivity index (χ3v) is 5.75. The van der Waals surface area contributed by atoms with Gasteiger partial charge in [-0.25, -0.2) is 4.98 Å². The van der Waals surface area contributed by atoms with Gasteiger partial charge in [-0.3, -0.25) is 19.8 Å². The van der Waals surface area contributed by atoms with Gasteiger partial charge in [-0.1, -0.05) is 6.08 Å². The standard InChI is InChI=1S/C20H14N4O4S2/c1-2-10-23-18(25)17(30-20(23)22-19-21-9-11-29-19)12-15-7-8-16(28-15)13-3-5-14(6-4-13)24(26)27/h2-9,11-12H,1,10H2. The number of rotatable bonds is 6. The molecule has 2 aromatic heterocycles. The van der Waals surface area contributed by atoms with Crippen molar-refractivity contribution in [2.45, 2.75) is 0 Å².